The summed E-state index contributed by atoms with van der Waals surface area (Å²) in [7, 11) is 0. The highest BCUT2D eigenvalue weighted by Crippen LogP contribution is 2.47. The Morgan fingerprint density at radius 1 is 0.392 bits per heavy atom. The van der Waals surface area contributed by atoms with Gasteiger partial charge in [0.05, 0.1) is 5.69 Å². The molecular formula is C48H31NOS. The van der Waals surface area contributed by atoms with Crippen LogP contribution in [0.1, 0.15) is 0 Å². The summed E-state index contributed by atoms with van der Waals surface area (Å²) in [5, 5.41) is 4.77. The van der Waals surface area contributed by atoms with Crippen molar-refractivity contribution in [3.05, 3.63) is 188 Å². The van der Waals surface area contributed by atoms with E-state index in [4.69, 9.17) is 4.42 Å². The first-order chi connectivity index (χ1) is 25.3. The molecule has 10 aromatic rings. The van der Waals surface area contributed by atoms with Gasteiger partial charge in [-0.1, -0.05) is 133 Å². The lowest BCUT2D eigenvalue weighted by Crippen LogP contribution is -2.11. The van der Waals surface area contributed by atoms with Crippen molar-refractivity contribution in [1.82, 2.24) is 0 Å². The summed E-state index contributed by atoms with van der Waals surface area (Å²) < 4.78 is 9.06. The highest BCUT2D eigenvalue weighted by Gasteiger charge is 2.21. The fourth-order valence-electron chi connectivity index (χ4n) is 7.53. The van der Waals surface area contributed by atoms with E-state index in [-0.39, 0.29) is 0 Å². The number of hydrogen-bond acceptors (Lipinski definition) is 3. The van der Waals surface area contributed by atoms with Gasteiger partial charge < -0.3 is 9.32 Å². The molecule has 2 nitrogen and oxygen atoms in total. The third kappa shape index (κ3) is 5.01. The van der Waals surface area contributed by atoms with Crippen LogP contribution in [-0.4, -0.2) is 0 Å². The molecule has 2 heterocycles. The minimum Gasteiger partial charge on any atom is -0.455 e. The molecule has 240 valence electrons. The molecule has 3 heteroatoms. The van der Waals surface area contributed by atoms with E-state index in [1.54, 1.807) is 0 Å². The lowest BCUT2D eigenvalue weighted by Gasteiger charge is -2.28. The smallest absolute Gasteiger partial charge is 0.143 e. The first kappa shape index (κ1) is 29.5. The molecule has 0 aliphatic rings. The Kier molecular flexibility index (Phi) is 7.04. The lowest BCUT2D eigenvalue weighted by molar-refractivity contribution is 0.670. The predicted octanol–water partition coefficient (Wildman–Crippen LogP) is 14.4. The summed E-state index contributed by atoms with van der Waals surface area (Å²) in [6.45, 7) is 0. The fourth-order valence-corrected chi connectivity index (χ4v) is 8.64. The van der Waals surface area contributed by atoms with E-state index in [0.29, 0.717) is 0 Å². The number of anilines is 3. The molecular weight excluding hydrogens is 639 g/mol. The molecule has 0 unspecified atom stereocenters. The highest BCUT2D eigenvalue weighted by molar-refractivity contribution is 7.26. The predicted molar refractivity (Wildman–Crippen MR) is 218 cm³/mol. The van der Waals surface area contributed by atoms with Gasteiger partial charge in [-0.05, 0) is 76.9 Å². The third-order valence-electron chi connectivity index (χ3n) is 9.88. The molecule has 2 aromatic heterocycles. The zero-order valence-corrected chi connectivity index (χ0v) is 28.5. The van der Waals surface area contributed by atoms with Crippen LogP contribution in [0.3, 0.4) is 0 Å². The quantitative estimate of drug-likeness (QED) is 0.175. The van der Waals surface area contributed by atoms with Crippen molar-refractivity contribution in [3.63, 3.8) is 0 Å². The summed E-state index contributed by atoms with van der Waals surface area (Å²) in [5.74, 6) is 0. The average Bonchev–Trinajstić information content (AvgIpc) is 3.78. The second-order valence-electron chi connectivity index (χ2n) is 12.9. The maximum absolute atomic E-state index is 6.55. The normalized spacial score (nSPS) is 11.5. The first-order valence-electron chi connectivity index (χ1n) is 17.3. The molecule has 0 spiro atoms. The van der Waals surface area contributed by atoms with E-state index in [9.17, 15) is 0 Å². The SMILES string of the molecule is c1ccc(-c2ccc(N(c3ccccc3)c3ccc4sc5cccc(-c6cccc7c6oc6ccccc67)c5c4c3)c(-c3ccccc3)c2)cc1. The molecule has 0 saturated heterocycles. The second-order valence-corrected chi connectivity index (χ2v) is 14.0. The van der Waals surface area contributed by atoms with Gasteiger partial charge in [0.2, 0.25) is 0 Å². The number of rotatable bonds is 6. The molecule has 0 amide bonds. The summed E-state index contributed by atoms with van der Waals surface area (Å²) in [6.07, 6.45) is 0. The van der Waals surface area contributed by atoms with Gasteiger partial charge in [-0.3, -0.25) is 0 Å². The number of fused-ring (bicyclic) bond motifs is 6. The van der Waals surface area contributed by atoms with E-state index in [2.05, 4.69) is 187 Å². The average molecular weight is 670 g/mol. The molecule has 8 aromatic carbocycles. The van der Waals surface area contributed by atoms with Crippen LogP contribution in [0.4, 0.5) is 17.1 Å². The maximum Gasteiger partial charge on any atom is 0.143 e. The highest BCUT2D eigenvalue weighted by atomic mass is 32.1. The van der Waals surface area contributed by atoms with Crippen molar-refractivity contribution in [2.45, 2.75) is 0 Å². The number of furan rings is 1. The van der Waals surface area contributed by atoms with Gasteiger partial charge >= 0.3 is 0 Å². The van der Waals surface area contributed by atoms with E-state index in [1.165, 1.54) is 48.0 Å². The lowest BCUT2D eigenvalue weighted by atomic mass is 9.95. The largest absolute Gasteiger partial charge is 0.455 e. The molecule has 0 saturated carbocycles. The molecule has 0 radical (unpaired) electrons. The van der Waals surface area contributed by atoms with Gasteiger partial charge in [0.15, 0.2) is 0 Å². The van der Waals surface area contributed by atoms with Crippen LogP contribution in [0.5, 0.6) is 0 Å². The molecule has 10 rings (SSSR count). The Balaban J connectivity index is 1.21. The van der Waals surface area contributed by atoms with Crippen LogP contribution >= 0.6 is 11.3 Å². The van der Waals surface area contributed by atoms with Crippen LogP contribution < -0.4 is 4.90 Å². The van der Waals surface area contributed by atoms with E-state index < -0.39 is 0 Å². The Hall–Kier alpha value is -6.42. The van der Waals surface area contributed by atoms with Crippen molar-refractivity contribution < 1.29 is 4.42 Å². The van der Waals surface area contributed by atoms with Crippen molar-refractivity contribution in [2.75, 3.05) is 4.90 Å². The Morgan fingerprint density at radius 3 is 1.90 bits per heavy atom. The second kappa shape index (κ2) is 12.2. The van der Waals surface area contributed by atoms with Crippen molar-refractivity contribution >= 4 is 70.5 Å². The number of para-hydroxylation sites is 3. The maximum atomic E-state index is 6.55. The zero-order chi connectivity index (χ0) is 33.7. The molecule has 0 atom stereocenters. The summed E-state index contributed by atoms with van der Waals surface area (Å²) in [6, 6.07) is 67.4. The van der Waals surface area contributed by atoms with Crippen LogP contribution in [0.15, 0.2) is 192 Å². The molecule has 0 aliphatic heterocycles. The summed E-state index contributed by atoms with van der Waals surface area (Å²) in [4.78, 5) is 2.41. The van der Waals surface area contributed by atoms with Crippen LogP contribution in [0.25, 0.3) is 75.5 Å². The van der Waals surface area contributed by atoms with Gasteiger partial charge in [-0.25, -0.2) is 0 Å². The summed E-state index contributed by atoms with van der Waals surface area (Å²) >= 11 is 1.84. The molecule has 51 heavy (non-hydrogen) atoms. The van der Waals surface area contributed by atoms with Gasteiger partial charge in [0.25, 0.3) is 0 Å². The van der Waals surface area contributed by atoms with Gasteiger partial charge in [-0.2, -0.15) is 0 Å². The summed E-state index contributed by atoms with van der Waals surface area (Å²) in [5.41, 5.74) is 12.2. The molecule has 0 aliphatic carbocycles. The molecule has 0 N–H and O–H groups in total. The van der Waals surface area contributed by atoms with Crippen molar-refractivity contribution in [3.8, 4) is 33.4 Å². The number of benzene rings is 8. The zero-order valence-electron chi connectivity index (χ0n) is 27.7. The topological polar surface area (TPSA) is 16.4 Å². The molecule has 0 fully saturated rings. The van der Waals surface area contributed by atoms with Gasteiger partial charge in [0, 0.05) is 53.4 Å². The van der Waals surface area contributed by atoms with Crippen LogP contribution in [-0.2, 0) is 0 Å². The minimum absolute atomic E-state index is 0.913. The van der Waals surface area contributed by atoms with Crippen molar-refractivity contribution in [1.29, 1.82) is 0 Å². The van der Waals surface area contributed by atoms with E-state index >= 15 is 0 Å². The number of thiophene rings is 1. The Bertz CT molecular complexity index is 2850. The fraction of sp³-hybridized carbons (Fsp3) is 0. The van der Waals surface area contributed by atoms with Crippen LogP contribution in [0.2, 0.25) is 0 Å². The Labute approximate surface area is 300 Å². The van der Waals surface area contributed by atoms with E-state index in [1.807, 2.05) is 17.4 Å². The van der Waals surface area contributed by atoms with Crippen molar-refractivity contribution in [2.24, 2.45) is 0 Å². The molecule has 0 bridgehead atoms. The number of hydrogen-bond donors (Lipinski definition) is 0. The number of nitrogens with zero attached hydrogens (tertiary/aromatic N) is 1. The van der Waals surface area contributed by atoms with Gasteiger partial charge in [-0.15, -0.1) is 11.3 Å². The van der Waals surface area contributed by atoms with Crippen LogP contribution in [0, 0.1) is 0 Å². The first-order valence-corrected chi connectivity index (χ1v) is 18.1. The third-order valence-corrected chi connectivity index (χ3v) is 11.0. The monoisotopic (exact) mass is 669 g/mol. The van der Waals surface area contributed by atoms with E-state index in [0.717, 1.165) is 44.6 Å². The minimum atomic E-state index is 0.913. The standard InChI is InChI=1S/C48H31NOS/c1-4-14-32(15-5-1)34-26-28-43(41(30-34)33-16-6-2-7-17-33)49(35-18-8-3-9-19-35)36-27-29-45-42(31-36)47-38(21-13-25-46(47)51-45)40-23-12-22-39-37-20-10-11-24-44(37)50-48(39)40/h1-31H. The van der Waals surface area contributed by atoms with Gasteiger partial charge in [0.1, 0.15) is 11.2 Å². The Morgan fingerprint density at radius 2 is 1.08 bits per heavy atom.